The van der Waals surface area contributed by atoms with Crippen molar-refractivity contribution < 1.29 is 9.53 Å². The van der Waals surface area contributed by atoms with E-state index in [-0.39, 0.29) is 11.9 Å². The summed E-state index contributed by atoms with van der Waals surface area (Å²) in [5.74, 6) is 0.469. The maximum atomic E-state index is 12.3. The molecule has 0 aliphatic carbocycles. The summed E-state index contributed by atoms with van der Waals surface area (Å²) in [7, 11) is 1.64. The third kappa shape index (κ3) is 3.33. The summed E-state index contributed by atoms with van der Waals surface area (Å²) in [5, 5.41) is 17.9. The van der Waals surface area contributed by atoms with Gasteiger partial charge in [-0.1, -0.05) is 6.92 Å². The van der Waals surface area contributed by atoms with E-state index in [0.29, 0.717) is 24.7 Å². The molecule has 0 radical (unpaired) electrons. The number of methoxy groups -OCH3 is 1. The fourth-order valence-corrected chi connectivity index (χ4v) is 2.29. The molecule has 0 saturated carbocycles. The molecule has 0 saturated heterocycles. The second-order valence-corrected chi connectivity index (χ2v) is 5.10. The van der Waals surface area contributed by atoms with Crippen LogP contribution in [0, 0.1) is 6.92 Å². The maximum absolute atomic E-state index is 12.3. The van der Waals surface area contributed by atoms with Crippen molar-refractivity contribution in [2.75, 3.05) is 13.7 Å². The van der Waals surface area contributed by atoms with Gasteiger partial charge in [-0.3, -0.25) is 9.89 Å². The smallest absolute Gasteiger partial charge is 0.272 e. The van der Waals surface area contributed by atoms with Crippen molar-refractivity contribution in [3.05, 3.63) is 29.1 Å². The number of nitrogens with one attached hydrogen (secondary N) is 2. The molecule has 0 aliphatic heterocycles. The van der Waals surface area contributed by atoms with Crippen molar-refractivity contribution in [1.82, 2.24) is 30.3 Å². The number of nitrogens with zero attached hydrogens (tertiary/aromatic N) is 4. The molecular formula is C14H22N6O2. The minimum Gasteiger partial charge on any atom is -0.383 e. The van der Waals surface area contributed by atoms with Crippen LogP contribution in [-0.2, 0) is 17.7 Å². The molecule has 8 heteroatoms. The van der Waals surface area contributed by atoms with Gasteiger partial charge in [0, 0.05) is 24.9 Å². The van der Waals surface area contributed by atoms with Crippen LogP contribution in [0.15, 0.2) is 6.33 Å². The van der Waals surface area contributed by atoms with Crippen LogP contribution < -0.4 is 5.32 Å². The lowest BCUT2D eigenvalue weighted by atomic mass is 10.1. The van der Waals surface area contributed by atoms with Crippen molar-refractivity contribution in [1.29, 1.82) is 0 Å². The Bertz CT molecular complexity index is 633. The average molecular weight is 306 g/mol. The Labute approximate surface area is 129 Å². The van der Waals surface area contributed by atoms with Crippen LogP contribution in [0.1, 0.15) is 47.5 Å². The minimum absolute atomic E-state index is 0.220. The molecule has 2 aromatic rings. The highest BCUT2D eigenvalue weighted by molar-refractivity contribution is 5.94. The Morgan fingerprint density at radius 1 is 1.55 bits per heavy atom. The molecule has 8 nitrogen and oxygen atoms in total. The predicted molar refractivity (Wildman–Crippen MR) is 80.5 cm³/mol. The van der Waals surface area contributed by atoms with E-state index in [0.717, 1.165) is 17.7 Å². The van der Waals surface area contributed by atoms with Crippen LogP contribution >= 0.6 is 0 Å². The Kier molecular flexibility index (Phi) is 5.26. The lowest BCUT2D eigenvalue weighted by molar-refractivity contribution is 0.0931. The zero-order valence-electron chi connectivity index (χ0n) is 13.4. The zero-order chi connectivity index (χ0) is 16.1. The largest absolute Gasteiger partial charge is 0.383 e. The molecule has 0 aromatic carbocycles. The molecule has 0 unspecified atom stereocenters. The zero-order valence-corrected chi connectivity index (χ0v) is 13.4. The molecule has 1 atom stereocenters. The van der Waals surface area contributed by atoms with Gasteiger partial charge in [-0.15, -0.1) is 10.2 Å². The van der Waals surface area contributed by atoms with E-state index in [1.807, 2.05) is 25.3 Å². The molecule has 1 amide bonds. The van der Waals surface area contributed by atoms with Crippen LogP contribution in [0.5, 0.6) is 0 Å². The lowest BCUT2D eigenvalue weighted by Gasteiger charge is -2.14. The van der Waals surface area contributed by atoms with Gasteiger partial charge in [0.2, 0.25) is 0 Å². The molecule has 2 aromatic heterocycles. The highest BCUT2D eigenvalue weighted by atomic mass is 16.5. The number of carbonyl (C=O) groups is 1. The lowest BCUT2D eigenvalue weighted by Crippen LogP contribution is -2.29. The second-order valence-electron chi connectivity index (χ2n) is 5.10. The molecule has 2 rings (SSSR count). The van der Waals surface area contributed by atoms with E-state index in [1.54, 1.807) is 13.4 Å². The fourth-order valence-electron chi connectivity index (χ4n) is 2.29. The number of ether oxygens (including phenoxy) is 1. The Hall–Kier alpha value is -2.22. The highest BCUT2D eigenvalue weighted by Gasteiger charge is 2.20. The number of aromatic nitrogens is 5. The van der Waals surface area contributed by atoms with Crippen molar-refractivity contribution in [3.8, 4) is 0 Å². The molecule has 0 spiro atoms. The van der Waals surface area contributed by atoms with Crippen LogP contribution in [0.2, 0.25) is 0 Å². The monoisotopic (exact) mass is 306 g/mol. The minimum atomic E-state index is -0.270. The van der Waals surface area contributed by atoms with Gasteiger partial charge >= 0.3 is 0 Å². The molecule has 2 heterocycles. The number of H-pyrrole nitrogens is 1. The topological polar surface area (TPSA) is 97.7 Å². The van der Waals surface area contributed by atoms with E-state index in [4.69, 9.17) is 4.74 Å². The van der Waals surface area contributed by atoms with Crippen molar-refractivity contribution in [2.45, 2.75) is 39.8 Å². The van der Waals surface area contributed by atoms with Gasteiger partial charge in [0.25, 0.3) is 5.91 Å². The Morgan fingerprint density at radius 2 is 2.32 bits per heavy atom. The Balaban J connectivity index is 2.08. The first-order valence-corrected chi connectivity index (χ1v) is 7.29. The SMILES string of the molecule is CCc1[nH]nc(C(=O)N[C@@H](C)c2nncn2CCOC)c1C. The van der Waals surface area contributed by atoms with E-state index < -0.39 is 0 Å². The summed E-state index contributed by atoms with van der Waals surface area (Å²) >= 11 is 0. The fraction of sp³-hybridized carbons (Fsp3) is 0.571. The number of rotatable bonds is 7. The summed E-state index contributed by atoms with van der Waals surface area (Å²) in [6.45, 7) is 6.98. The average Bonchev–Trinajstić information content (AvgIpc) is 3.11. The van der Waals surface area contributed by atoms with Crippen molar-refractivity contribution in [2.24, 2.45) is 0 Å². The Morgan fingerprint density at radius 3 is 2.95 bits per heavy atom. The summed E-state index contributed by atoms with van der Waals surface area (Å²) in [6.07, 6.45) is 2.44. The van der Waals surface area contributed by atoms with E-state index in [2.05, 4.69) is 25.7 Å². The quantitative estimate of drug-likeness (QED) is 0.795. The third-order valence-electron chi connectivity index (χ3n) is 3.60. The van der Waals surface area contributed by atoms with Gasteiger partial charge in [-0.05, 0) is 20.3 Å². The van der Waals surface area contributed by atoms with Crippen LogP contribution in [-0.4, -0.2) is 44.6 Å². The highest BCUT2D eigenvalue weighted by Crippen LogP contribution is 2.13. The number of aryl methyl sites for hydroxylation is 1. The van der Waals surface area contributed by atoms with E-state index in [1.165, 1.54) is 0 Å². The van der Waals surface area contributed by atoms with Gasteiger partial charge in [0.05, 0.1) is 12.6 Å². The number of carbonyl (C=O) groups excluding carboxylic acids is 1. The first-order chi connectivity index (χ1) is 10.6. The normalized spacial score (nSPS) is 12.4. The van der Waals surface area contributed by atoms with Gasteiger partial charge < -0.3 is 14.6 Å². The number of hydrogen-bond donors (Lipinski definition) is 2. The number of hydrogen-bond acceptors (Lipinski definition) is 5. The maximum Gasteiger partial charge on any atom is 0.272 e. The molecule has 0 fully saturated rings. The van der Waals surface area contributed by atoms with Gasteiger partial charge in [0.15, 0.2) is 11.5 Å². The van der Waals surface area contributed by atoms with Crippen molar-refractivity contribution in [3.63, 3.8) is 0 Å². The predicted octanol–water partition coefficient (Wildman–Crippen LogP) is 1.01. The van der Waals surface area contributed by atoms with Crippen LogP contribution in [0.4, 0.5) is 0 Å². The van der Waals surface area contributed by atoms with Gasteiger partial charge in [-0.2, -0.15) is 5.10 Å². The van der Waals surface area contributed by atoms with E-state index >= 15 is 0 Å². The molecular weight excluding hydrogens is 284 g/mol. The second kappa shape index (κ2) is 7.17. The standard InChI is InChI=1S/C14H22N6O2/c1-5-11-9(2)12(18-17-11)14(21)16-10(3)13-19-15-8-20(13)6-7-22-4/h8,10H,5-7H2,1-4H3,(H,16,21)(H,17,18)/t10-/m0/s1. The van der Waals surface area contributed by atoms with Gasteiger partial charge in [0.1, 0.15) is 6.33 Å². The van der Waals surface area contributed by atoms with Gasteiger partial charge in [-0.25, -0.2) is 0 Å². The number of aromatic amines is 1. The summed E-state index contributed by atoms with van der Waals surface area (Å²) < 4.78 is 6.92. The van der Waals surface area contributed by atoms with Crippen LogP contribution in [0.25, 0.3) is 0 Å². The third-order valence-corrected chi connectivity index (χ3v) is 3.60. The van der Waals surface area contributed by atoms with E-state index in [9.17, 15) is 4.79 Å². The van der Waals surface area contributed by atoms with Crippen LogP contribution in [0.3, 0.4) is 0 Å². The first-order valence-electron chi connectivity index (χ1n) is 7.29. The first kappa shape index (κ1) is 16.2. The number of amides is 1. The molecule has 120 valence electrons. The summed E-state index contributed by atoms with van der Waals surface area (Å²) in [6, 6.07) is -0.270. The molecule has 0 aliphatic rings. The molecule has 2 N–H and O–H groups in total. The molecule has 0 bridgehead atoms. The van der Waals surface area contributed by atoms with Crippen molar-refractivity contribution >= 4 is 5.91 Å². The summed E-state index contributed by atoms with van der Waals surface area (Å²) in [5.41, 5.74) is 2.28. The summed E-state index contributed by atoms with van der Waals surface area (Å²) in [4.78, 5) is 12.3. The molecule has 22 heavy (non-hydrogen) atoms.